The first kappa shape index (κ1) is 15.5. The second-order valence-corrected chi connectivity index (χ2v) is 5.47. The molecule has 1 unspecified atom stereocenters. The molecule has 2 heterocycles. The van der Waals surface area contributed by atoms with Gasteiger partial charge < -0.3 is 20.1 Å². The van der Waals surface area contributed by atoms with E-state index in [1.54, 1.807) is 24.3 Å². The van der Waals surface area contributed by atoms with Gasteiger partial charge in [-0.25, -0.2) is 0 Å². The van der Waals surface area contributed by atoms with Crippen molar-refractivity contribution in [1.82, 2.24) is 14.7 Å². The molecule has 0 radical (unpaired) electrons. The third-order valence-corrected chi connectivity index (χ3v) is 3.71. The predicted molar refractivity (Wildman–Crippen MR) is 79.8 cm³/mol. The lowest BCUT2D eigenvalue weighted by Gasteiger charge is -2.03. The number of rotatable bonds is 4. The lowest BCUT2D eigenvalue weighted by Crippen LogP contribution is -2.24. The van der Waals surface area contributed by atoms with Gasteiger partial charge in [0.2, 0.25) is 0 Å². The molecule has 10 heteroatoms. The van der Waals surface area contributed by atoms with Crippen molar-refractivity contribution in [2.75, 3.05) is 13.2 Å². The molecule has 23 heavy (non-hydrogen) atoms. The Bertz CT molecular complexity index is 777. The first-order valence-electron chi connectivity index (χ1n) is 7.00. The van der Waals surface area contributed by atoms with Crippen LogP contribution in [0.4, 0.5) is 5.82 Å². The van der Waals surface area contributed by atoms with Gasteiger partial charge >= 0.3 is 5.82 Å². The molecular formula is C13H14ClN5O4. The van der Waals surface area contributed by atoms with Crippen LogP contribution in [0.5, 0.6) is 0 Å². The van der Waals surface area contributed by atoms with E-state index in [-0.39, 0.29) is 18.1 Å². The van der Waals surface area contributed by atoms with Crippen molar-refractivity contribution < 1.29 is 14.9 Å². The third-order valence-electron chi connectivity index (χ3n) is 3.46. The maximum Gasteiger partial charge on any atom is 0.438 e. The number of aromatic nitrogens is 3. The lowest BCUT2D eigenvalue weighted by molar-refractivity contribution is -0.391. The minimum Gasteiger partial charge on any atom is -0.409 e. The largest absolute Gasteiger partial charge is 0.438 e. The monoisotopic (exact) mass is 339 g/mol. The molecule has 1 aliphatic rings. The van der Waals surface area contributed by atoms with Gasteiger partial charge in [0.15, 0.2) is 0 Å². The predicted octanol–water partition coefficient (Wildman–Crippen LogP) is 1.55. The van der Waals surface area contributed by atoms with E-state index in [9.17, 15) is 15.3 Å². The number of hydrogen-bond acceptors (Lipinski definition) is 6. The van der Waals surface area contributed by atoms with E-state index in [0.717, 1.165) is 17.6 Å². The molecule has 0 spiro atoms. The van der Waals surface area contributed by atoms with Crippen molar-refractivity contribution >= 4 is 17.4 Å². The van der Waals surface area contributed by atoms with E-state index in [4.69, 9.17) is 16.3 Å². The molecule has 0 amide bonds. The Hall–Kier alpha value is -2.39. The number of nitrogens with zero attached hydrogens (tertiary/aromatic N) is 5. The minimum absolute atomic E-state index is 0.0894. The van der Waals surface area contributed by atoms with Crippen LogP contribution in [0.15, 0.2) is 29.3 Å². The molecule has 2 aromatic rings. The fourth-order valence-corrected chi connectivity index (χ4v) is 2.45. The zero-order valence-corrected chi connectivity index (χ0v) is 12.8. The normalized spacial score (nSPS) is 18.5. The molecule has 0 bridgehead atoms. The van der Waals surface area contributed by atoms with E-state index < -0.39 is 10.7 Å². The summed E-state index contributed by atoms with van der Waals surface area (Å²) < 4.78 is 5.42. The average molecular weight is 340 g/mol. The molecule has 9 nitrogen and oxygen atoms in total. The van der Waals surface area contributed by atoms with E-state index in [1.807, 2.05) is 0 Å². The highest BCUT2D eigenvalue weighted by molar-refractivity contribution is 6.30. The molecule has 1 saturated heterocycles. The van der Waals surface area contributed by atoms with Crippen LogP contribution in [-0.4, -0.2) is 44.1 Å². The number of hydrogen-bond donors (Lipinski definition) is 1. The Morgan fingerprint density at radius 1 is 1.48 bits per heavy atom. The Morgan fingerprint density at radius 2 is 2.22 bits per heavy atom. The van der Waals surface area contributed by atoms with E-state index in [0.29, 0.717) is 22.2 Å². The van der Waals surface area contributed by atoms with Crippen LogP contribution in [-0.2, 0) is 4.74 Å². The highest BCUT2D eigenvalue weighted by Gasteiger charge is 2.24. The fraction of sp³-hybridized carbons (Fsp3) is 0.385. The number of nitro groups is 1. The van der Waals surface area contributed by atoms with E-state index >= 15 is 0 Å². The summed E-state index contributed by atoms with van der Waals surface area (Å²) in [6.45, 7) is 0.888. The lowest BCUT2D eigenvalue weighted by atomic mass is 10.2. The Kier molecular flexibility index (Phi) is 4.30. The molecule has 1 aliphatic heterocycles. The summed E-state index contributed by atoms with van der Waals surface area (Å²) in [6.07, 6.45) is 1.69. The molecule has 1 aromatic heterocycles. The summed E-state index contributed by atoms with van der Waals surface area (Å²) in [4.78, 5) is 16.1. The minimum atomic E-state index is -0.687. The van der Waals surface area contributed by atoms with Gasteiger partial charge in [-0.15, -0.1) is 0 Å². The first-order valence-corrected chi connectivity index (χ1v) is 7.38. The second kappa shape index (κ2) is 6.39. The van der Waals surface area contributed by atoms with Gasteiger partial charge in [-0.3, -0.25) is 4.99 Å². The molecule has 3 rings (SSSR count). The first-order chi connectivity index (χ1) is 11.1. The van der Waals surface area contributed by atoms with Crippen LogP contribution >= 0.6 is 11.6 Å². The van der Waals surface area contributed by atoms with E-state index in [1.165, 1.54) is 0 Å². The zero-order valence-electron chi connectivity index (χ0n) is 12.0. The van der Waals surface area contributed by atoms with Crippen molar-refractivity contribution in [3.05, 3.63) is 44.9 Å². The van der Waals surface area contributed by atoms with Crippen LogP contribution < -0.4 is 5.49 Å². The molecule has 0 aliphatic carbocycles. The van der Waals surface area contributed by atoms with Gasteiger partial charge in [0, 0.05) is 11.6 Å². The highest BCUT2D eigenvalue weighted by atomic mass is 35.5. The summed E-state index contributed by atoms with van der Waals surface area (Å²) in [7, 11) is 0. The Morgan fingerprint density at radius 3 is 2.83 bits per heavy atom. The summed E-state index contributed by atoms with van der Waals surface area (Å²) in [5.41, 5.74) is 0.194. The average Bonchev–Trinajstić information content (AvgIpc) is 3.14. The SMILES string of the molecule is O=[N+]([O-])c1nn(-c2ccc(Cl)cc2)n(O)c1=NCC1CCCO1. The maximum absolute atomic E-state index is 11.2. The Balaban J connectivity index is 2.02. The summed E-state index contributed by atoms with van der Waals surface area (Å²) in [6, 6.07) is 6.34. The van der Waals surface area contributed by atoms with Crippen molar-refractivity contribution in [1.29, 1.82) is 0 Å². The summed E-state index contributed by atoms with van der Waals surface area (Å²) in [5, 5.41) is 25.7. The molecule has 1 aromatic carbocycles. The van der Waals surface area contributed by atoms with Crippen molar-refractivity contribution in [3.63, 3.8) is 0 Å². The van der Waals surface area contributed by atoms with Crippen molar-refractivity contribution in [3.8, 4) is 5.69 Å². The number of halogens is 1. The van der Waals surface area contributed by atoms with Crippen LogP contribution in [0.3, 0.4) is 0 Å². The molecular weight excluding hydrogens is 326 g/mol. The van der Waals surface area contributed by atoms with Crippen LogP contribution in [0, 0.1) is 10.1 Å². The quantitative estimate of drug-likeness (QED) is 0.516. The van der Waals surface area contributed by atoms with Crippen LogP contribution in [0.25, 0.3) is 5.69 Å². The summed E-state index contributed by atoms with van der Waals surface area (Å²) in [5.74, 6) is -0.527. The molecule has 122 valence electrons. The van der Waals surface area contributed by atoms with E-state index in [2.05, 4.69) is 10.1 Å². The molecule has 1 fully saturated rings. The fourth-order valence-electron chi connectivity index (χ4n) is 2.33. The molecule has 0 saturated carbocycles. The number of ether oxygens (including phenoxy) is 1. The van der Waals surface area contributed by atoms with Gasteiger partial charge in [-0.05, 0) is 46.8 Å². The standard InChI is InChI=1S/C13H14ClN5O4/c14-9-3-5-10(6-4-9)17-16-13(19(21)22)12(18(17)20)15-8-11-2-1-7-23-11/h3-6,11,20H,1-2,7-8H2. The van der Waals surface area contributed by atoms with Crippen molar-refractivity contribution in [2.24, 2.45) is 4.99 Å². The van der Waals surface area contributed by atoms with Gasteiger partial charge in [-0.1, -0.05) is 16.4 Å². The zero-order chi connectivity index (χ0) is 16.4. The van der Waals surface area contributed by atoms with Gasteiger partial charge in [-0.2, -0.15) is 0 Å². The molecule has 1 N–H and O–H groups in total. The third kappa shape index (κ3) is 3.20. The van der Waals surface area contributed by atoms with Gasteiger partial charge in [0.1, 0.15) is 5.69 Å². The molecule has 1 atom stereocenters. The maximum atomic E-state index is 11.2. The Labute approximate surface area is 135 Å². The van der Waals surface area contributed by atoms with Crippen molar-refractivity contribution in [2.45, 2.75) is 18.9 Å². The topological polar surface area (TPSA) is 108 Å². The van der Waals surface area contributed by atoms with Gasteiger partial charge in [0.25, 0.3) is 5.49 Å². The van der Waals surface area contributed by atoms with Crippen LogP contribution in [0.2, 0.25) is 5.02 Å². The van der Waals surface area contributed by atoms with Gasteiger partial charge in [0.05, 0.1) is 17.7 Å². The van der Waals surface area contributed by atoms with Crippen LogP contribution in [0.1, 0.15) is 12.8 Å². The highest BCUT2D eigenvalue weighted by Crippen LogP contribution is 2.14. The smallest absolute Gasteiger partial charge is 0.409 e. The number of benzene rings is 1. The second-order valence-electron chi connectivity index (χ2n) is 5.04. The summed E-state index contributed by atoms with van der Waals surface area (Å²) >= 11 is 5.81.